The smallest absolute Gasteiger partial charge is 0.407 e. The molecule has 0 radical (unpaired) electrons. The van der Waals surface area contributed by atoms with E-state index in [1.807, 2.05) is 48.5 Å². The second-order valence-electron chi connectivity index (χ2n) is 14.4. The lowest BCUT2D eigenvalue weighted by Gasteiger charge is -2.44. The van der Waals surface area contributed by atoms with Gasteiger partial charge in [0, 0.05) is 46.6 Å². The zero-order valence-electron chi connectivity index (χ0n) is 33.0. The van der Waals surface area contributed by atoms with E-state index in [9.17, 15) is 33.6 Å². The molecule has 0 aromatic heterocycles. The summed E-state index contributed by atoms with van der Waals surface area (Å²) in [5.74, 6) is -4.52. The van der Waals surface area contributed by atoms with Gasteiger partial charge in [-0.1, -0.05) is 48.5 Å². The van der Waals surface area contributed by atoms with Crippen molar-refractivity contribution >= 4 is 41.8 Å². The summed E-state index contributed by atoms with van der Waals surface area (Å²) in [6, 6.07) is 14.5. The van der Waals surface area contributed by atoms with Gasteiger partial charge in [-0.25, -0.2) is 9.59 Å². The van der Waals surface area contributed by atoms with Gasteiger partial charge in [0.05, 0.1) is 6.61 Å². The van der Waals surface area contributed by atoms with Crippen molar-refractivity contribution in [2.45, 2.75) is 110 Å². The fourth-order valence-electron chi connectivity index (χ4n) is 6.46. The van der Waals surface area contributed by atoms with Crippen molar-refractivity contribution in [2.75, 3.05) is 26.4 Å². The Morgan fingerprint density at radius 3 is 1.84 bits per heavy atom. The maximum Gasteiger partial charge on any atom is 0.407 e. The number of nitrogens with one attached hydrogen (secondary N) is 2. The number of fused-ring (bicyclic) bond motifs is 3. The first-order valence-corrected chi connectivity index (χ1v) is 18.5. The van der Waals surface area contributed by atoms with E-state index in [1.54, 1.807) is 20.8 Å². The molecule has 1 saturated heterocycles. The van der Waals surface area contributed by atoms with Crippen molar-refractivity contribution in [3.8, 4) is 11.1 Å². The molecule has 2 aromatic carbocycles. The molecular weight excluding hydrogens is 748 g/mol. The molecule has 57 heavy (non-hydrogen) atoms. The van der Waals surface area contributed by atoms with Crippen LogP contribution < -0.4 is 10.6 Å². The van der Waals surface area contributed by atoms with Crippen LogP contribution in [-0.2, 0) is 66.7 Å². The molecule has 17 heteroatoms. The van der Waals surface area contributed by atoms with Crippen LogP contribution in [0.2, 0.25) is 0 Å². The minimum absolute atomic E-state index is 0.0148. The summed E-state index contributed by atoms with van der Waals surface area (Å²) in [5.41, 5.74) is 3.27. The number of benzene rings is 2. The fourth-order valence-corrected chi connectivity index (χ4v) is 6.46. The first kappa shape index (κ1) is 44.2. The molecule has 17 nitrogen and oxygen atoms in total. The molecular formula is C40H50N2O15. The number of carbonyl (C=O) groups excluding carboxylic acids is 7. The summed E-state index contributed by atoms with van der Waals surface area (Å²) >= 11 is 0. The maximum absolute atomic E-state index is 13.1. The minimum atomic E-state index is -1.43. The Kier molecular flexibility index (Phi) is 15.5. The number of esters is 5. The Bertz CT molecular complexity index is 1740. The molecule has 0 saturated carbocycles. The van der Waals surface area contributed by atoms with Crippen LogP contribution in [0.1, 0.15) is 78.4 Å². The predicted octanol–water partition coefficient (Wildman–Crippen LogP) is 3.23. The Hall–Kier alpha value is -5.55. The van der Waals surface area contributed by atoms with Gasteiger partial charge in [0.25, 0.3) is 0 Å². The monoisotopic (exact) mass is 798 g/mol. The summed E-state index contributed by atoms with van der Waals surface area (Å²) in [6.45, 7) is 8.72. The van der Waals surface area contributed by atoms with Crippen molar-refractivity contribution in [3.05, 3.63) is 59.7 Å². The van der Waals surface area contributed by atoms with E-state index in [1.165, 1.54) is 0 Å². The Morgan fingerprint density at radius 2 is 1.28 bits per heavy atom. The SMILES string of the molecule is CC(=O)OC[C@H]1O[C@@H](OCCNC(=O)CC[C@H](NC(=O)OCC2c3ccccc3-c3ccccc32)C(=O)OC(C)(C)C)[C@H](OC(C)=O)[C@@H](OC(C)=O)[C@H]1OC(C)=O. The summed E-state index contributed by atoms with van der Waals surface area (Å²) in [7, 11) is 0. The van der Waals surface area contributed by atoms with Gasteiger partial charge in [-0.05, 0) is 49.4 Å². The average Bonchev–Trinajstić information content (AvgIpc) is 3.44. The molecule has 2 amide bonds. The van der Waals surface area contributed by atoms with Gasteiger partial charge in [0.1, 0.15) is 31.0 Å². The van der Waals surface area contributed by atoms with Crippen LogP contribution in [0.5, 0.6) is 0 Å². The summed E-state index contributed by atoms with van der Waals surface area (Å²) < 4.78 is 44.0. The van der Waals surface area contributed by atoms with Crippen LogP contribution in [-0.4, -0.2) is 111 Å². The quantitative estimate of drug-likeness (QED) is 0.142. The highest BCUT2D eigenvalue weighted by atomic mass is 16.7. The summed E-state index contributed by atoms with van der Waals surface area (Å²) in [6.07, 6.45) is -8.04. The van der Waals surface area contributed by atoms with E-state index < -0.39 is 90.8 Å². The molecule has 0 bridgehead atoms. The van der Waals surface area contributed by atoms with Crippen LogP contribution in [0.4, 0.5) is 4.79 Å². The maximum atomic E-state index is 13.1. The standard InChI is InChI=1S/C40H50N2O15/c1-22(43)51-21-32-34(53-23(2)44)35(54-24(3)45)36(55-25(4)46)38(56-32)50-19-18-41-33(47)17-16-31(37(48)57-40(5,6)7)42-39(49)52-20-30-28-14-10-8-12-26(28)27-13-9-11-15-29(27)30/h8-15,30-32,34-36,38H,16-21H2,1-7H3,(H,41,47)(H,42,49)/t31-,32+,34-,35-,36+,38+/m0/s1. The van der Waals surface area contributed by atoms with E-state index in [-0.39, 0.29) is 38.5 Å². The van der Waals surface area contributed by atoms with Crippen molar-refractivity contribution in [3.63, 3.8) is 0 Å². The number of hydrogen-bond acceptors (Lipinski definition) is 15. The molecule has 2 aromatic rings. The lowest BCUT2D eigenvalue weighted by atomic mass is 9.98. The third-order valence-corrected chi connectivity index (χ3v) is 8.64. The molecule has 0 spiro atoms. The van der Waals surface area contributed by atoms with E-state index >= 15 is 0 Å². The number of ether oxygens (including phenoxy) is 8. The number of alkyl carbamates (subject to hydrolysis) is 1. The molecule has 2 aliphatic rings. The van der Waals surface area contributed by atoms with E-state index in [0.29, 0.717) is 0 Å². The zero-order chi connectivity index (χ0) is 41.9. The summed E-state index contributed by atoms with van der Waals surface area (Å²) in [5, 5.41) is 5.19. The fraction of sp³-hybridized carbons (Fsp3) is 0.525. The lowest BCUT2D eigenvalue weighted by molar-refractivity contribution is -0.307. The van der Waals surface area contributed by atoms with Crippen LogP contribution in [0.25, 0.3) is 11.1 Å². The first-order chi connectivity index (χ1) is 26.9. The molecule has 2 N–H and O–H groups in total. The number of rotatable bonds is 16. The topological polar surface area (TPSA) is 217 Å². The van der Waals surface area contributed by atoms with Crippen LogP contribution >= 0.6 is 0 Å². The van der Waals surface area contributed by atoms with Gasteiger partial charge in [0.2, 0.25) is 5.91 Å². The predicted molar refractivity (Wildman–Crippen MR) is 198 cm³/mol. The Labute approximate surface area is 330 Å². The second kappa shape index (κ2) is 20.0. The third kappa shape index (κ3) is 13.0. The number of amides is 2. The van der Waals surface area contributed by atoms with E-state index in [4.69, 9.17) is 37.9 Å². The third-order valence-electron chi connectivity index (χ3n) is 8.64. The van der Waals surface area contributed by atoms with Crippen LogP contribution in [0, 0.1) is 0 Å². The van der Waals surface area contributed by atoms with Gasteiger partial charge >= 0.3 is 35.9 Å². The molecule has 4 rings (SSSR count). The van der Waals surface area contributed by atoms with Crippen LogP contribution in [0.3, 0.4) is 0 Å². The second-order valence-corrected chi connectivity index (χ2v) is 14.4. The normalized spacial score (nSPS) is 20.4. The van der Waals surface area contributed by atoms with Gasteiger partial charge < -0.3 is 48.5 Å². The molecule has 1 aliphatic heterocycles. The van der Waals surface area contributed by atoms with Gasteiger partial charge in [-0.15, -0.1) is 0 Å². The molecule has 0 unspecified atom stereocenters. The summed E-state index contributed by atoms with van der Waals surface area (Å²) in [4.78, 5) is 86.8. The Morgan fingerprint density at radius 1 is 0.719 bits per heavy atom. The highest BCUT2D eigenvalue weighted by Crippen LogP contribution is 2.44. The number of hydrogen-bond donors (Lipinski definition) is 2. The van der Waals surface area contributed by atoms with Crippen molar-refractivity contribution in [1.82, 2.24) is 10.6 Å². The largest absolute Gasteiger partial charge is 0.463 e. The van der Waals surface area contributed by atoms with Crippen LogP contribution in [0.15, 0.2) is 48.5 Å². The average molecular weight is 799 g/mol. The Balaban J connectivity index is 1.35. The van der Waals surface area contributed by atoms with Crippen molar-refractivity contribution in [1.29, 1.82) is 0 Å². The number of carbonyl (C=O) groups is 7. The molecule has 6 atom stereocenters. The molecule has 1 aliphatic carbocycles. The van der Waals surface area contributed by atoms with Gasteiger partial charge in [-0.2, -0.15) is 0 Å². The van der Waals surface area contributed by atoms with Gasteiger partial charge in [0.15, 0.2) is 24.6 Å². The van der Waals surface area contributed by atoms with Gasteiger partial charge in [-0.3, -0.25) is 24.0 Å². The molecule has 310 valence electrons. The lowest BCUT2D eigenvalue weighted by Crippen LogP contribution is -2.63. The molecule has 1 fully saturated rings. The van der Waals surface area contributed by atoms with E-state index in [2.05, 4.69) is 10.6 Å². The van der Waals surface area contributed by atoms with E-state index in [0.717, 1.165) is 49.9 Å². The van der Waals surface area contributed by atoms with Crippen molar-refractivity contribution < 1.29 is 71.5 Å². The zero-order valence-corrected chi connectivity index (χ0v) is 33.0. The first-order valence-electron chi connectivity index (χ1n) is 18.5. The van der Waals surface area contributed by atoms with Crippen molar-refractivity contribution in [2.24, 2.45) is 0 Å². The highest BCUT2D eigenvalue weighted by molar-refractivity contribution is 5.83. The highest BCUT2D eigenvalue weighted by Gasteiger charge is 2.52. The molecule has 1 heterocycles. The minimum Gasteiger partial charge on any atom is -0.463 e.